The van der Waals surface area contributed by atoms with Gasteiger partial charge < -0.3 is 9.30 Å². The normalized spacial score (nSPS) is 11.2. The first-order valence-corrected chi connectivity index (χ1v) is 16.0. The SMILES string of the molecule is CSc1cc(C)cc(SC)c1-c1cnn(-c2[c-]c(Oc3[c-]c4c(cc3)c3ccccc3n4-c3cc(F)ccn3)ccc2)c1.[Pt+2]. The number of ether oxygens (including phenoxy) is 1. The van der Waals surface area contributed by atoms with E-state index in [1.54, 1.807) is 23.5 Å². The van der Waals surface area contributed by atoms with Gasteiger partial charge in [-0.25, -0.2) is 9.37 Å². The molecule has 0 N–H and O–H groups in total. The number of thioether (sulfide) groups is 2. The number of pyridine rings is 1. The number of fused-ring (bicyclic) bond motifs is 3. The van der Waals surface area contributed by atoms with Crippen LogP contribution in [0.3, 0.4) is 0 Å². The van der Waals surface area contributed by atoms with E-state index in [-0.39, 0.29) is 26.9 Å². The molecule has 0 fully saturated rings. The van der Waals surface area contributed by atoms with Crippen LogP contribution in [0.2, 0.25) is 0 Å². The second-order valence-corrected chi connectivity index (χ2v) is 11.7. The van der Waals surface area contributed by atoms with Crippen LogP contribution < -0.4 is 4.74 Å². The van der Waals surface area contributed by atoms with Crippen molar-refractivity contribution in [1.29, 1.82) is 0 Å². The number of hydrogen-bond donors (Lipinski definition) is 0. The summed E-state index contributed by atoms with van der Waals surface area (Å²) in [5.41, 5.74) is 5.89. The molecule has 3 heterocycles. The third-order valence-electron chi connectivity index (χ3n) is 7.23. The summed E-state index contributed by atoms with van der Waals surface area (Å²) in [6.45, 7) is 2.13. The summed E-state index contributed by atoms with van der Waals surface area (Å²) in [7, 11) is 0. The molecule has 9 heteroatoms. The van der Waals surface area contributed by atoms with E-state index in [0.717, 1.165) is 33.1 Å². The van der Waals surface area contributed by atoms with Crippen LogP contribution in [0.15, 0.2) is 107 Å². The Morgan fingerprint density at radius 3 is 2.39 bits per heavy atom. The molecule has 220 valence electrons. The summed E-state index contributed by atoms with van der Waals surface area (Å²) in [6.07, 6.45) is 9.60. The average molecular weight is 796 g/mol. The second-order valence-electron chi connectivity index (χ2n) is 9.99. The number of aryl methyl sites for hydroxylation is 1. The number of hydrogen-bond acceptors (Lipinski definition) is 5. The van der Waals surface area contributed by atoms with Gasteiger partial charge in [0, 0.05) is 56.4 Å². The third kappa shape index (κ3) is 5.58. The minimum Gasteiger partial charge on any atom is -0.509 e. The zero-order valence-electron chi connectivity index (χ0n) is 23.9. The molecule has 0 amide bonds. The fourth-order valence-electron chi connectivity index (χ4n) is 5.35. The van der Waals surface area contributed by atoms with Crippen molar-refractivity contribution in [3.8, 4) is 34.1 Å². The van der Waals surface area contributed by atoms with Crippen LogP contribution in [0.25, 0.3) is 44.4 Å². The van der Waals surface area contributed by atoms with Crippen LogP contribution >= 0.6 is 23.5 Å². The molecule has 4 aromatic carbocycles. The molecule has 0 saturated carbocycles. The van der Waals surface area contributed by atoms with Gasteiger partial charge in [0.1, 0.15) is 11.6 Å². The first-order valence-electron chi connectivity index (χ1n) is 13.6. The van der Waals surface area contributed by atoms with E-state index in [4.69, 9.17) is 4.74 Å². The van der Waals surface area contributed by atoms with Gasteiger partial charge in [0.2, 0.25) is 0 Å². The molecule has 0 spiro atoms. The number of aromatic nitrogens is 4. The van der Waals surface area contributed by atoms with Crippen molar-refractivity contribution in [2.75, 3.05) is 12.5 Å². The molecule has 0 aliphatic rings. The van der Waals surface area contributed by atoms with Gasteiger partial charge in [-0.3, -0.25) is 4.68 Å². The molecule has 0 radical (unpaired) electrons. The molecule has 0 atom stereocenters. The van der Waals surface area contributed by atoms with Gasteiger partial charge >= 0.3 is 21.1 Å². The van der Waals surface area contributed by atoms with Crippen LogP contribution in [-0.4, -0.2) is 31.8 Å². The summed E-state index contributed by atoms with van der Waals surface area (Å²) >= 11 is 3.48. The molecule has 3 aromatic heterocycles. The molecule has 5 nitrogen and oxygen atoms in total. The summed E-state index contributed by atoms with van der Waals surface area (Å²) in [5.74, 6) is 1.16. The summed E-state index contributed by atoms with van der Waals surface area (Å²) in [5, 5.41) is 6.66. The van der Waals surface area contributed by atoms with Crippen molar-refractivity contribution in [3.63, 3.8) is 0 Å². The Balaban J connectivity index is 0.00000343. The standard InChI is InChI=1S/C35H25FN4OS2.Pt/c1-22-15-32(42-2)35(33(16-22)43-3)23-20-38-39(21-23)25-7-6-8-26(18-25)41-27-11-12-29-28-9-4-5-10-30(28)40(31(29)19-27)34-17-24(36)13-14-37-34;/h4-17,20-21H,1-3H3;/q-2;+2. The summed E-state index contributed by atoms with van der Waals surface area (Å²) in [6, 6.07) is 31.5. The topological polar surface area (TPSA) is 44.9 Å². The first-order chi connectivity index (χ1) is 21.0. The van der Waals surface area contributed by atoms with Gasteiger partial charge in [-0.05, 0) is 60.3 Å². The van der Waals surface area contributed by atoms with Crippen molar-refractivity contribution in [3.05, 3.63) is 121 Å². The van der Waals surface area contributed by atoms with Gasteiger partial charge in [0.25, 0.3) is 0 Å². The molecular formula is C35H25FN4OPtS2. The van der Waals surface area contributed by atoms with Crippen molar-refractivity contribution < 1.29 is 30.2 Å². The Morgan fingerprint density at radius 2 is 1.61 bits per heavy atom. The van der Waals surface area contributed by atoms with E-state index in [1.807, 2.05) is 76.2 Å². The van der Waals surface area contributed by atoms with E-state index < -0.39 is 0 Å². The number of nitrogens with zero attached hydrogens (tertiary/aromatic N) is 4. The number of para-hydroxylation sites is 1. The van der Waals surface area contributed by atoms with E-state index in [9.17, 15) is 4.39 Å². The quantitative estimate of drug-likeness (QED) is 0.119. The largest absolute Gasteiger partial charge is 2.00 e. The molecule has 0 bridgehead atoms. The Hall–Kier alpha value is -3.84. The van der Waals surface area contributed by atoms with Gasteiger partial charge in [-0.1, -0.05) is 23.7 Å². The minimum atomic E-state index is -0.353. The van der Waals surface area contributed by atoms with E-state index in [0.29, 0.717) is 17.3 Å². The van der Waals surface area contributed by atoms with Gasteiger partial charge in [-0.15, -0.1) is 59.2 Å². The predicted octanol–water partition coefficient (Wildman–Crippen LogP) is 9.31. The molecule has 0 aliphatic heterocycles. The minimum absolute atomic E-state index is 0. The van der Waals surface area contributed by atoms with Crippen LogP contribution in [0.1, 0.15) is 5.56 Å². The second kappa shape index (κ2) is 12.6. The number of benzene rings is 4. The van der Waals surface area contributed by atoms with Crippen molar-refractivity contribution >= 4 is 45.3 Å². The molecule has 7 aromatic rings. The molecule has 0 saturated heterocycles. The maximum atomic E-state index is 14.2. The van der Waals surface area contributed by atoms with Gasteiger partial charge in [0.15, 0.2) is 0 Å². The van der Waals surface area contributed by atoms with Crippen LogP contribution in [-0.2, 0) is 21.1 Å². The van der Waals surface area contributed by atoms with E-state index in [1.165, 1.54) is 39.2 Å². The van der Waals surface area contributed by atoms with Gasteiger partial charge in [-0.2, -0.15) is 17.2 Å². The summed E-state index contributed by atoms with van der Waals surface area (Å²) < 4.78 is 24.2. The maximum absolute atomic E-state index is 14.2. The Morgan fingerprint density at radius 1 is 0.841 bits per heavy atom. The molecule has 0 unspecified atom stereocenters. The molecular weight excluding hydrogens is 771 g/mol. The average Bonchev–Trinajstić information content (AvgIpc) is 3.64. The molecule has 44 heavy (non-hydrogen) atoms. The molecule has 7 rings (SSSR count). The van der Waals surface area contributed by atoms with Crippen LogP contribution in [0.5, 0.6) is 11.5 Å². The van der Waals surface area contributed by atoms with Crippen LogP contribution in [0, 0.1) is 24.9 Å². The monoisotopic (exact) mass is 795 g/mol. The van der Waals surface area contributed by atoms with E-state index >= 15 is 0 Å². The van der Waals surface area contributed by atoms with Crippen LogP contribution in [0.4, 0.5) is 4.39 Å². The first kappa shape index (κ1) is 30.2. The summed E-state index contributed by atoms with van der Waals surface area (Å²) in [4.78, 5) is 6.88. The number of halogens is 1. The molecule has 0 aliphatic carbocycles. The zero-order chi connectivity index (χ0) is 29.5. The van der Waals surface area contributed by atoms with Crippen molar-refractivity contribution in [2.45, 2.75) is 16.7 Å². The zero-order valence-corrected chi connectivity index (χ0v) is 27.9. The third-order valence-corrected chi connectivity index (χ3v) is 8.76. The Labute approximate surface area is 277 Å². The number of rotatable bonds is 7. The van der Waals surface area contributed by atoms with Crippen molar-refractivity contribution in [1.82, 2.24) is 19.3 Å². The van der Waals surface area contributed by atoms with Gasteiger partial charge in [0.05, 0.1) is 6.20 Å². The van der Waals surface area contributed by atoms with Crippen molar-refractivity contribution in [2.24, 2.45) is 0 Å². The predicted molar refractivity (Wildman–Crippen MR) is 174 cm³/mol. The smallest absolute Gasteiger partial charge is 0.509 e. The Kier molecular flexibility index (Phi) is 8.68. The fourth-order valence-corrected chi connectivity index (χ4v) is 6.88. The fraction of sp³-hybridized carbons (Fsp3) is 0.0857. The van der Waals surface area contributed by atoms with E-state index in [2.05, 4.69) is 53.8 Å². The maximum Gasteiger partial charge on any atom is 2.00 e. The Bertz CT molecular complexity index is 2120.